The predicted molar refractivity (Wildman–Crippen MR) is 301 cm³/mol. The lowest BCUT2D eigenvalue weighted by Gasteiger charge is -2.37. The van der Waals surface area contributed by atoms with Crippen LogP contribution in [0.3, 0.4) is 0 Å². The number of unbranched alkanes of at least 4 members (excludes halogenated alkanes) is 6. The molecule has 0 aromatic heterocycles. The van der Waals surface area contributed by atoms with Crippen LogP contribution < -0.4 is 0 Å². The zero-order valence-electron chi connectivity index (χ0n) is 62.7. The molecule has 8 nitrogen and oxygen atoms in total. The molecule has 68 heteroatoms. The van der Waals surface area contributed by atoms with Crippen molar-refractivity contribution in [3.8, 4) is 0 Å². The first-order chi connectivity index (χ1) is 54.0. The number of carboxylic acid groups (broad SMARTS) is 1. The van der Waals surface area contributed by atoms with Crippen LogP contribution in [0.4, 0.5) is 263 Å². The van der Waals surface area contributed by atoms with Gasteiger partial charge in [0, 0.05) is 44.1 Å². The van der Waals surface area contributed by atoms with E-state index in [4.69, 9.17) is 35.7 Å². The van der Waals surface area contributed by atoms with Crippen molar-refractivity contribution in [2.24, 2.45) is 0 Å². The normalized spacial score (nSPS) is 15.2. The highest BCUT2D eigenvalue weighted by molar-refractivity contribution is 5.84. The zero-order valence-corrected chi connectivity index (χ0v) is 62.7. The minimum atomic E-state index is -7.16. The van der Waals surface area contributed by atoms with Gasteiger partial charge in [-0.1, -0.05) is 86.6 Å². The molecule has 766 valence electrons. The number of hydrogen-bond acceptors (Lipinski definition) is 7. The summed E-state index contributed by atoms with van der Waals surface area (Å²) < 4.78 is 756. The van der Waals surface area contributed by atoms with Gasteiger partial charge in [0.15, 0.2) is 0 Å². The maximum atomic E-state index is 12.9. The smallest absolute Gasteiger partial charge is 0.423 e. The summed E-state index contributed by atoms with van der Waals surface area (Å²) in [5.74, 6) is -161. The van der Waals surface area contributed by atoms with Crippen molar-refractivity contribution in [2.75, 3.05) is 0 Å². The molecule has 0 aromatic rings. The fourth-order valence-corrected chi connectivity index (χ4v) is 7.03. The Morgan fingerprint density at radius 2 is 0.254 bits per heavy atom. The second-order valence-electron chi connectivity index (χ2n) is 25.5. The maximum Gasteiger partial charge on any atom is 0.423 e. The van der Waals surface area contributed by atoms with Crippen molar-refractivity contribution in [2.45, 2.75) is 343 Å². The summed E-state index contributed by atoms with van der Waals surface area (Å²) in [5, 5.41) is 53.2. The summed E-state index contributed by atoms with van der Waals surface area (Å²) in [6.45, 7) is 12.0. The zero-order chi connectivity index (χ0) is 105. The molecule has 0 unspecified atom stereocenters. The highest BCUT2D eigenvalue weighted by atomic mass is 19.4. The lowest BCUT2D eigenvalue weighted by molar-refractivity contribution is -0.438. The summed E-state index contributed by atoms with van der Waals surface area (Å²) in [4.78, 5) is 9.60. The van der Waals surface area contributed by atoms with Gasteiger partial charge in [0.25, 0.3) is 0 Å². The minimum absolute atomic E-state index is 0.149. The number of carbonyl (C=O) groups is 1. The molecule has 126 heavy (non-hydrogen) atoms. The summed E-state index contributed by atoms with van der Waals surface area (Å²) in [6.07, 6.45) is -56.2. The van der Waals surface area contributed by atoms with Crippen LogP contribution >= 0.6 is 0 Å². The third-order valence-electron chi connectivity index (χ3n) is 15.2. The second-order valence-corrected chi connectivity index (χ2v) is 25.5. The number of hydrogen-bond donors (Lipinski definition) is 7. The molecule has 0 amide bonds. The van der Waals surface area contributed by atoms with Crippen LogP contribution in [0, 0.1) is 0 Å². The van der Waals surface area contributed by atoms with Crippen molar-refractivity contribution in [3.63, 3.8) is 0 Å². The Bertz CT molecular complexity index is 2720. The number of halogens is 60. The highest BCUT2D eigenvalue weighted by Gasteiger charge is 2.92. The molecular formula is C58H66F60O8. The molecule has 7 N–H and O–H groups in total. The van der Waals surface area contributed by atoms with E-state index in [9.17, 15) is 268 Å². The molecule has 0 aliphatic heterocycles. The van der Waals surface area contributed by atoms with Crippen molar-refractivity contribution < 1.29 is 304 Å². The number of aliphatic hydroxyl groups is 6. The van der Waals surface area contributed by atoms with E-state index in [2.05, 4.69) is 6.58 Å². The van der Waals surface area contributed by atoms with E-state index in [0.29, 0.717) is 0 Å². The topological polar surface area (TPSA) is 159 Å². The quantitative estimate of drug-likeness (QED) is 0.0235. The van der Waals surface area contributed by atoms with Gasteiger partial charge < -0.3 is 35.7 Å². The SMILES string of the molecule is C=C(C)C(=O)O.CCCCC(F)(F)C(F)(F)C(F)(F)C(F)(F)C(O)(F)F.CCCCC(F)(F)C(F)(F)C(F)(F)C(F)(F)C(O)(F)F.CCCCC(F)(F)C(F)(F)C(F)(F)C(F)(F)C(O)(F)F.CCCCC(F)(F)C(F)(F)C(F)(F)C(F)(F)C(O)(F)F.CCCCC(F)(F)C(F)(F)C(F)(F)C(F)(F)C(O)(F)F.CCCCC(F)(F)C(F)(F)C(F)(F)C(F)(F)C(O)(F)F. The van der Waals surface area contributed by atoms with Crippen LogP contribution in [0.2, 0.25) is 0 Å². The van der Waals surface area contributed by atoms with Gasteiger partial charge in [0.05, 0.1) is 0 Å². The lowest BCUT2D eigenvalue weighted by Crippen LogP contribution is -2.67. The summed E-state index contributed by atoms with van der Waals surface area (Å²) >= 11 is 0. The van der Waals surface area contributed by atoms with Gasteiger partial charge in [-0.25, -0.2) is 4.79 Å². The van der Waals surface area contributed by atoms with Gasteiger partial charge in [-0.15, -0.1) is 0 Å². The molecule has 0 rings (SSSR count). The summed E-state index contributed by atoms with van der Waals surface area (Å²) in [7, 11) is 0. The molecule has 0 fully saturated rings. The van der Waals surface area contributed by atoms with E-state index < -0.39 is 262 Å². The number of aliphatic carboxylic acids is 1. The molecule has 0 radical (unpaired) electrons. The molecule has 0 spiro atoms. The van der Waals surface area contributed by atoms with Crippen LogP contribution in [0.1, 0.15) is 164 Å². The molecular weight excluding hydrogens is 1960 g/mol. The first kappa shape index (κ1) is 134. The largest absolute Gasteiger partial charge is 0.478 e. The lowest BCUT2D eigenvalue weighted by atomic mass is 9.94. The molecule has 0 aromatic carbocycles. The van der Waals surface area contributed by atoms with Crippen molar-refractivity contribution in [1.29, 1.82) is 0 Å². The third-order valence-corrected chi connectivity index (χ3v) is 15.2. The summed E-state index contributed by atoms with van der Waals surface area (Å²) in [6, 6.07) is 0. The van der Waals surface area contributed by atoms with Crippen LogP contribution in [-0.4, -0.2) is 221 Å². The van der Waals surface area contributed by atoms with Gasteiger partial charge in [0.2, 0.25) is 0 Å². The van der Waals surface area contributed by atoms with Crippen molar-refractivity contribution in [3.05, 3.63) is 12.2 Å². The Labute approximate surface area is 665 Å². The average molecular weight is 2030 g/mol. The monoisotopic (exact) mass is 2030 g/mol. The van der Waals surface area contributed by atoms with Gasteiger partial charge in [-0.3, -0.25) is 0 Å². The van der Waals surface area contributed by atoms with E-state index in [1.54, 1.807) is 0 Å². The third kappa shape index (κ3) is 27.5. The van der Waals surface area contributed by atoms with Gasteiger partial charge in [-0.2, -0.15) is 263 Å². The summed E-state index contributed by atoms with van der Waals surface area (Å²) in [5.41, 5.74) is 0.176. The standard InChI is InChI=1S/6C9H10F10O.C4H6O2/c6*1-2-3-4-5(10,11)6(12,13)7(14,15)8(16,17)9(18,19)20;1-3(2)4(5)6/h6*20H,2-4H2,1H3;1H2,2H3,(H,5,6). The highest BCUT2D eigenvalue weighted by Crippen LogP contribution is 2.65. The Hall–Kier alpha value is -5.23. The first-order valence-electron chi connectivity index (χ1n) is 32.6. The number of carboxylic acids is 1. The van der Waals surface area contributed by atoms with Crippen LogP contribution in [0.25, 0.3) is 0 Å². The Balaban J connectivity index is -0.000000266. The average Bonchev–Trinajstić information content (AvgIpc) is 0.756. The molecule has 0 bridgehead atoms. The molecule has 0 aliphatic rings. The van der Waals surface area contributed by atoms with Gasteiger partial charge >= 0.3 is 185 Å². The van der Waals surface area contributed by atoms with Crippen LogP contribution in [0.5, 0.6) is 0 Å². The number of alkyl halides is 60. The first-order valence-corrected chi connectivity index (χ1v) is 32.6. The molecule has 0 saturated heterocycles. The molecule has 0 aliphatic carbocycles. The molecule has 0 heterocycles. The molecule has 0 atom stereocenters. The van der Waals surface area contributed by atoms with E-state index in [-0.39, 0.29) is 44.1 Å². The van der Waals surface area contributed by atoms with Crippen LogP contribution in [0.15, 0.2) is 12.2 Å². The van der Waals surface area contributed by atoms with E-state index in [0.717, 1.165) is 0 Å². The van der Waals surface area contributed by atoms with E-state index in [1.165, 1.54) is 48.5 Å². The molecule has 0 saturated carbocycles. The minimum Gasteiger partial charge on any atom is -0.478 e. The number of rotatable bonds is 43. The second kappa shape index (κ2) is 42.8. The Morgan fingerprint density at radius 1 is 0.183 bits per heavy atom. The fraction of sp³-hybridized carbons (Fsp3) is 0.948. The predicted octanol–water partition coefficient (Wildman–Crippen LogP) is 26.5. The fourth-order valence-electron chi connectivity index (χ4n) is 7.03. The van der Waals surface area contributed by atoms with Gasteiger partial charge in [-0.05, 0) is 45.4 Å². The van der Waals surface area contributed by atoms with Crippen molar-refractivity contribution in [1.82, 2.24) is 0 Å². The maximum absolute atomic E-state index is 12.9. The Kier molecular flexibility index (Phi) is 45.4. The van der Waals surface area contributed by atoms with Crippen LogP contribution in [-0.2, 0) is 4.79 Å². The Morgan fingerprint density at radius 3 is 0.302 bits per heavy atom. The van der Waals surface area contributed by atoms with Crippen molar-refractivity contribution >= 4 is 5.97 Å². The van der Waals surface area contributed by atoms with E-state index >= 15 is 0 Å². The van der Waals surface area contributed by atoms with Gasteiger partial charge in [0.1, 0.15) is 0 Å². The van der Waals surface area contributed by atoms with E-state index in [1.807, 2.05) is 0 Å².